The average molecular weight is 603 g/mol. The van der Waals surface area contributed by atoms with Crippen LogP contribution in [0.5, 0.6) is 5.75 Å². The second kappa shape index (κ2) is 13.0. The number of aromatic nitrogens is 1. The molecule has 0 fully saturated rings. The van der Waals surface area contributed by atoms with Crippen molar-refractivity contribution in [1.82, 2.24) is 4.57 Å². The summed E-state index contributed by atoms with van der Waals surface area (Å²) < 4.78 is 17.9. The molecule has 0 N–H and O–H groups in total. The number of ether oxygens (including phenoxy) is 3. The van der Waals surface area contributed by atoms with Crippen LogP contribution in [0.4, 0.5) is 0 Å². The number of benzene rings is 3. The summed E-state index contributed by atoms with van der Waals surface area (Å²) in [7, 11) is 0. The Hall–Kier alpha value is -4.47. The molecule has 214 valence electrons. The fraction of sp³-hybridized carbons (Fsp3) is 0.188. The number of thiazole rings is 1. The summed E-state index contributed by atoms with van der Waals surface area (Å²) in [6.45, 7) is 3.67. The molecule has 1 aliphatic heterocycles. The Morgan fingerprint density at radius 1 is 0.976 bits per heavy atom. The van der Waals surface area contributed by atoms with Crippen molar-refractivity contribution in [2.24, 2.45) is 4.99 Å². The smallest absolute Gasteiger partial charge is 0.344 e. The van der Waals surface area contributed by atoms with Gasteiger partial charge in [0.25, 0.3) is 5.56 Å². The number of hydrogen-bond donors (Lipinski definition) is 0. The van der Waals surface area contributed by atoms with Crippen LogP contribution in [0.25, 0.3) is 11.8 Å². The molecule has 42 heavy (non-hydrogen) atoms. The lowest BCUT2D eigenvalue weighted by Gasteiger charge is -2.25. The maximum atomic E-state index is 14.0. The average Bonchev–Trinajstić information content (AvgIpc) is 3.30. The second-order valence-electron chi connectivity index (χ2n) is 9.15. The SMILES string of the molecule is CCOC(=O)COc1cccc(/C=c2\sc3n(c2=O)[C@H](c2ccc(Cl)cc2)C(C(=O)OCC)=C(c2ccccc2)N=3)c1. The van der Waals surface area contributed by atoms with Gasteiger partial charge in [-0.05, 0) is 55.3 Å². The van der Waals surface area contributed by atoms with Gasteiger partial charge in [-0.15, -0.1) is 0 Å². The first-order valence-electron chi connectivity index (χ1n) is 13.3. The fourth-order valence-corrected chi connectivity index (χ4v) is 5.72. The van der Waals surface area contributed by atoms with Crippen LogP contribution in [0.15, 0.2) is 94.2 Å². The second-order valence-corrected chi connectivity index (χ2v) is 10.6. The van der Waals surface area contributed by atoms with Crippen LogP contribution >= 0.6 is 22.9 Å². The third kappa shape index (κ3) is 6.22. The standard InChI is InChI=1S/C32H27ClN2O6S/c1-3-39-26(36)19-41-24-12-8-9-20(17-24)18-25-30(37)35-29(22-13-15-23(33)16-14-22)27(31(38)40-4-2)28(34-32(35)42-25)21-10-6-5-7-11-21/h5-18,29H,3-4,19H2,1-2H3/b25-18-/t29-/m1/s1. The van der Waals surface area contributed by atoms with Gasteiger partial charge in [0, 0.05) is 10.6 Å². The van der Waals surface area contributed by atoms with E-state index in [9.17, 15) is 14.4 Å². The summed E-state index contributed by atoms with van der Waals surface area (Å²) in [5, 5.41) is 0.529. The molecule has 1 aliphatic rings. The number of carbonyl (C=O) groups is 2. The van der Waals surface area contributed by atoms with Gasteiger partial charge in [0.2, 0.25) is 0 Å². The summed E-state index contributed by atoms with van der Waals surface area (Å²) in [5.41, 5.74) is 2.49. The first-order chi connectivity index (χ1) is 20.4. The highest BCUT2D eigenvalue weighted by Gasteiger charge is 2.35. The van der Waals surface area contributed by atoms with E-state index in [0.717, 1.165) is 5.56 Å². The van der Waals surface area contributed by atoms with Crippen molar-refractivity contribution in [2.75, 3.05) is 19.8 Å². The van der Waals surface area contributed by atoms with Gasteiger partial charge in [0.1, 0.15) is 5.75 Å². The van der Waals surface area contributed by atoms with Crippen LogP contribution in [0.3, 0.4) is 0 Å². The molecule has 0 aliphatic carbocycles. The predicted molar refractivity (Wildman–Crippen MR) is 161 cm³/mol. The van der Waals surface area contributed by atoms with Crippen molar-refractivity contribution >= 4 is 46.6 Å². The molecular formula is C32H27ClN2O6S. The lowest BCUT2D eigenvalue weighted by Crippen LogP contribution is -2.40. The Morgan fingerprint density at radius 2 is 1.71 bits per heavy atom. The third-order valence-corrected chi connectivity index (χ3v) is 7.61. The van der Waals surface area contributed by atoms with Crippen molar-refractivity contribution in [1.29, 1.82) is 0 Å². The van der Waals surface area contributed by atoms with E-state index >= 15 is 0 Å². The van der Waals surface area contributed by atoms with Crippen molar-refractivity contribution in [2.45, 2.75) is 19.9 Å². The number of fused-ring (bicyclic) bond motifs is 1. The minimum atomic E-state index is -0.797. The number of rotatable bonds is 9. The zero-order chi connectivity index (χ0) is 29.6. The fourth-order valence-electron chi connectivity index (χ4n) is 4.59. The van der Waals surface area contributed by atoms with Gasteiger partial charge in [-0.3, -0.25) is 9.36 Å². The quantitative estimate of drug-likeness (QED) is 0.261. The van der Waals surface area contributed by atoms with E-state index in [0.29, 0.717) is 36.9 Å². The van der Waals surface area contributed by atoms with Crippen molar-refractivity contribution in [3.63, 3.8) is 0 Å². The van der Waals surface area contributed by atoms with Crippen molar-refractivity contribution < 1.29 is 23.8 Å². The summed E-state index contributed by atoms with van der Waals surface area (Å²) >= 11 is 7.40. The van der Waals surface area contributed by atoms with E-state index in [1.807, 2.05) is 36.4 Å². The normalized spacial score (nSPS) is 14.6. The molecule has 4 aromatic rings. The van der Waals surface area contributed by atoms with Crippen LogP contribution in [0, 0.1) is 0 Å². The van der Waals surface area contributed by atoms with Crippen LogP contribution in [0.1, 0.15) is 36.6 Å². The summed E-state index contributed by atoms with van der Waals surface area (Å²) in [6, 6.07) is 22.6. The van der Waals surface area contributed by atoms with E-state index in [2.05, 4.69) is 0 Å². The highest BCUT2D eigenvalue weighted by molar-refractivity contribution is 7.07. The predicted octanol–water partition coefficient (Wildman–Crippen LogP) is 4.53. The molecule has 0 radical (unpaired) electrons. The molecule has 1 atom stereocenters. The van der Waals surface area contributed by atoms with E-state index in [-0.39, 0.29) is 31.0 Å². The van der Waals surface area contributed by atoms with Gasteiger partial charge < -0.3 is 14.2 Å². The maximum Gasteiger partial charge on any atom is 0.344 e. The molecule has 3 aromatic carbocycles. The summed E-state index contributed by atoms with van der Waals surface area (Å²) in [6.07, 6.45) is 1.73. The largest absolute Gasteiger partial charge is 0.482 e. The highest BCUT2D eigenvalue weighted by atomic mass is 35.5. The summed E-state index contributed by atoms with van der Waals surface area (Å²) in [5.74, 6) is -0.564. The number of nitrogens with zero attached hydrogens (tertiary/aromatic N) is 2. The van der Waals surface area contributed by atoms with E-state index in [1.165, 1.54) is 15.9 Å². The molecule has 0 unspecified atom stereocenters. The third-order valence-electron chi connectivity index (χ3n) is 6.38. The van der Waals surface area contributed by atoms with Crippen LogP contribution < -0.4 is 19.6 Å². The molecule has 0 saturated heterocycles. The molecular weight excluding hydrogens is 576 g/mol. The van der Waals surface area contributed by atoms with E-state index in [1.54, 1.807) is 62.4 Å². The Morgan fingerprint density at radius 3 is 2.43 bits per heavy atom. The molecule has 8 nitrogen and oxygen atoms in total. The molecule has 0 spiro atoms. The zero-order valence-corrected chi connectivity index (χ0v) is 24.5. The van der Waals surface area contributed by atoms with Gasteiger partial charge in [0.05, 0.1) is 35.1 Å². The maximum absolute atomic E-state index is 14.0. The Labute approximate surface area is 250 Å². The van der Waals surface area contributed by atoms with Gasteiger partial charge in [-0.2, -0.15) is 0 Å². The highest BCUT2D eigenvalue weighted by Crippen LogP contribution is 2.35. The topological polar surface area (TPSA) is 96.2 Å². The van der Waals surface area contributed by atoms with Gasteiger partial charge in [-0.25, -0.2) is 14.6 Å². The molecule has 0 amide bonds. The Balaban J connectivity index is 1.67. The molecule has 10 heteroatoms. The lowest BCUT2D eigenvalue weighted by atomic mass is 9.93. The zero-order valence-electron chi connectivity index (χ0n) is 22.9. The lowest BCUT2D eigenvalue weighted by molar-refractivity contribution is -0.145. The summed E-state index contributed by atoms with van der Waals surface area (Å²) in [4.78, 5) is 44.5. The molecule has 2 heterocycles. The molecule has 5 rings (SSSR count). The van der Waals surface area contributed by atoms with Crippen LogP contribution in [-0.2, 0) is 19.1 Å². The van der Waals surface area contributed by atoms with Crippen molar-refractivity contribution in [3.05, 3.63) is 126 Å². The van der Waals surface area contributed by atoms with Gasteiger partial charge >= 0.3 is 11.9 Å². The van der Waals surface area contributed by atoms with E-state index in [4.69, 9.17) is 30.8 Å². The number of esters is 2. The Kier molecular flexibility index (Phi) is 9.00. The first-order valence-corrected chi connectivity index (χ1v) is 14.5. The van der Waals surface area contributed by atoms with Crippen LogP contribution in [0.2, 0.25) is 5.02 Å². The van der Waals surface area contributed by atoms with Gasteiger partial charge in [0.15, 0.2) is 11.4 Å². The molecule has 0 bridgehead atoms. The van der Waals surface area contributed by atoms with Crippen LogP contribution in [-0.4, -0.2) is 36.3 Å². The number of carbonyl (C=O) groups excluding carboxylic acids is 2. The van der Waals surface area contributed by atoms with Gasteiger partial charge in [-0.1, -0.05) is 77.5 Å². The Bertz CT molecular complexity index is 1830. The minimum absolute atomic E-state index is 0.163. The molecule has 0 saturated carbocycles. The first kappa shape index (κ1) is 29.0. The van der Waals surface area contributed by atoms with Crippen molar-refractivity contribution in [3.8, 4) is 5.75 Å². The monoisotopic (exact) mass is 602 g/mol. The van der Waals surface area contributed by atoms with E-state index < -0.39 is 18.0 Å². The number of hydrogen-bond acceptors (Lipinski definition) is 8. The number of halogens is 1. The minimum Gasteiger partial charge on any atom is -0.482 e. The molecule has 1 aromatic heterocycles.